The normalized spacial score (nSPS) is 8.76. The van der Waals surface area contributed by atoms with Crippen LogP contribution in [0.2, 0.25) is 0 Å². The molecule has 0 fully saturated rings. The van der Waals surface area contributed by atoms with Gasteiger partial charge in [0.1, 0.15) is 0 Å². The summed E-state index contributed by atoms with van der Waals surface area (Å²) in [6, 6.07) is 20.8. The van der Waals surface area contributed by atoms with E-state index in [0.717, 1.165) is 0 Å². The van der Waals surface area contributed by atoms with Crippen molar-refractivity contribution in [1.82, 2.24) is 0 Å². The standard InChI is InChI=1S/C12H10.C3H6O2/c1-3-7-11(8-4-1)12-9-5-2-6-10-12;1-2-5-3-4/h1-10H;3H,2H2,1H3. The van der Waals surface area contributed by atoms with Gasteiger partial charge in [0.25, 0.3) is 6.47 Å². The number of carbonyl (C=O) groups excluding carboxylic acids is 1. The van der Waals surface area contributed by atoms with Crippen LogP contribution in [0.25, 0.3) is 11.1 Å². The zero-order valence-corrected chi connectivity index (χ0v) is 9.87. The first-order chi connectivity index (χ1) is 8.38. The molecule has 0 bridgehead atoms. The maximum atomic E-state index is 9.18. The Kier molecular flexibility index (Phi) is 6.19. The molecule has 2 nitrogen and oxygen atoms in total. The number of hydrogen-bond acceptors (Lipinski definition) is 2. The van der Waals surface area contributed by atoms with E-state index in [9.17, 15) is 4.79 Å². The van der Waals surface area contributed by atoms with Crippen LogP contribution in [0, 0.1) is 0 Å². The summed E-state index contributed by atoms with van der Waals surface area (Å²) >= 11 is 0. The molecule has 0 heterocycles. The highest BCUT2D eigenvalue weighted by Crippen LogP contribution is 2.17. The molecule has 0 atom stereocenters. The van der Waals surface area contributed by atoms with Gasteiger partial charge in [-0.3, -0.25) is 4.79 Å². The third kappa shape index (κ3) is 4.98. The summed E-state index contributed by atoms with van der Waals surface area (Å²) in [5.74, 6) is 0. The third-order valence-electron chi connectivity index (χ3n) is 2.12. The van der Waals surface area contributed by atoms with Crippen molar-refractivity contribution in [1.29, 1.82) is 0 Å². The van der Waals surface area contributed by atoms with Gasteiger partial charge in [-0.15, -0.1) is 0 Å². The van der Waals surface area contributed by atoms with Crippen molar-refractivity contribution in [3.63, 3.8) is 0 Å². The van der Waals surface area contributed by atoms with Gasteiger partial charge in [0.05, 0.1) is 6.61 Å². The number of carbonyl (C=O) groups is 1. The van der Waals surface area contributed by atoms with Crippen LogP contribution in [0.15, 0.2) is 60.7 Å². The van der Waals surface area contributed by atoms with Gasteiger partial charge in [-0.25, -0.2) is 0 Å². The predicted molar refractivity (Wildman–Crippen MR) is 69.6 cm³/mol. The molecule has 0 aliphatic rings. The summed E-state index contributed by atoms with van der Waals surface area (Å²) in [5, 5.41) is 0. The fraction of sp³-hybridized carbons (Fsp3) is 0.133. The third-order valence-corrected chi connectivity index (χ3v) is 2.12. The number of rotatable bonds is 3. The second-order valence-electron chi connectivity index (χ2n) is 3.28. The molecular formula is C15H16O2. The molecule has 17 heavy (non-hydrogen) atoms. The Morgan fingerprint density at radius 1 is 0.882 bits per heavy atom. The van der Waals surface area contributed by atoms with Gasteiger partial charge in [-0.1, -0.05) is 60.7 Å². The minimum Gasteiger partial charge on any atom is -0.468 e. The highest BCUT2D eigenvalue weighted by atomic mass is 16.5. The lowest BCUT2D eigenvalue weighted by Crippen LogP contribution is -1.80. The lowest BCUT2D eigenvalue weighted by atomic mass is 10.1. The first-order valence-corrected chi connectivity index (χ1v) is 5.54. The fourth-order valence-corrected chi connectivity index (χ4v) is 1.33. The Morgan fingerprint density at radius 2 is 1.29 bits per heavy atom. The molecule has 0 amide bonds. The Hall–Kier alpha value is -2.09. The maximum Gasteiger partial charge on any atom is 0.293 e. The molecule has 0 aliphatic heterocycles. The van der Waals surface area contributed by atoms with Gasteiger partial charge in [0.15, 0.2) is 0 Å². The zero-order chi connectivity index (χ0) is 12.3. The molecule has 0 N–H and O–H groups in total. The minimum absolute atomic E-state index is 0.431. The van der Waals surface area contributed by atoms with Crippen LogP contribution in [0.1, 0.15) is 6.92 Å². The van der Waals surface area contributed by atoms with Crippen LogP contribution in [0.4, 0.5) is 0 Å². The van der Waals surface area contributed by atoms with Crippen molar-refractivity contribution in [2.24, 2.45) is 0 Å². The van der Waals surface area contributed by atoms with Gasteiger partial charge in [-0.2, -0.15) is 0 Å². The second-order valence-corrected chi connectivity index (χ2v) is 3.28. The van der Waals surface area contributed by atoms with Crippen LogP contribution >= 0.6 is 0 Å². The highest BCUT2D eigenvalue weighted by Gasteiger charge is 1.91. The molecule has 0 aliphatic carbocycles. The van der Waals surface area contributed by atoms with Crippen molar-refractivity contribution in [2.75, 3.05) is 6.61 Å². The van der Waals surface area contributed by atoms with Crippen molar-refractivity contribution in [3.05, 3.63) is 60.7 Å². The van der Waals surface area contributed by atoms with Gasteiger partial charge in [0, 0.05) is 0 Å². The molecule has 2 rings (SSSR count). The summed E-state index contributed by atoms with van der Waals surface area (Å²) < 4.78 is 4.15. The average molecular weight is 228 g/mol. The molecular weight excluding hydrogens is 212 g/mol. The molecule has 0 radical (unpaired) electrons. The summed E-state index contributed by atoms with van der Waals surface area (Å²) in [6.07, 6.45) is 0. The monoisotopic (exact) mass is 228 g/mol. The Balaban J connectivity index is 0.000000249. The fourth-order valence-electron chi connectivity index (χ4n) is 1.33. The van der Waals surface area contributed by atoms with Crippen molar-refractivity contribution >= 4 is 6.47 Å². The summed E-state index contributed by atoms with van der Waals surface area (Å²) in [6.45, 7) is 2.66. The lowest BCUT2D eigenvalue weighted by molar-refractivity contribution is -0.128. The Morgan fingerprint density at radius 3 is 1.53 bits per heavy atom. The quantitative estimate of drug-likeness (QED) is 0.751. The number of benzene rings is 2. The number of ether oxygens (including phenoxy) is 1. The molecule has 88 valence electrons. The molecule has 2 aromatic carbocycles. The van der Waals surface area contributed by atoms with Crippen LogP contribution in [-0.4, -0.2) is 13.1 Å². The van der Waals surface area contributed by atoms with Crippen LogP contribution in [-0.2, 0) is 9.53 Å². The van der Waals surface area contributed by atoms with E-state index in [1.807, 2.05) is 12.1 Å². The maximum absolute atomic E-state index is 9.18. The Bertz CT molecular complexity index is 372. The average Bonchev–Trinajstić information content (AvgIpc) is 2.42. The summed E-state index contributed by atoms with van der Waals surface area (Å²) in [7, 11) is 0. The molecule has 2 heteroatoms. The topological polar surface area (TPSA) is 26.3 Å². The first kappa shape index (κ1) is 13.0. The molecule has 0 unspecified atom stereocenters. The van der Waals surface area contributed by atoms with E-state index >= 15 is 0 Å². The highest BCUT2D eigenvalue weighted by molar-refractivity contribution is 5.62. The minimum atomic E-state index is 0.431. The lowest BCUT2D eigenvalue weighted by Gasteiger charge is -1.98. The van der Waals surface area contributed by atoms with E-state index in [4.69, 9.17) is 0 Å². The van der Waals surface area contributed by atoms with E-state index in [2.05, 4.69) is 53.3 Å². The van der Waals surface area contributed by atoms with E-state index in [1.165, 1.54) is 11.1 Å². The van der Waals surface area contributed by atoms with E-state index < -0.39 is 0 Å². The van der Waals surface area contributed by atoms with Crippen LogP contribution in [0.5, 0.6) is 0 Å². The summed E-state index contributed by atoms with van der Waals surface area (Å²) in [5.41, 5.74) is 2.55. The zero-order valence-electron chi connectivity index (χ0n) is 9.87. The van der Waals surface area contributed by atoms with E-state index in [-0.39, 0.29) is 0 Å². The summed E-state index contributed by atoms with van der Waals surface area (Å²) in [4.78, 5) is 9.18. The predicted octanol–water partition coefficient (Wildman–Crippen LogP) is 3.53. The number of hydrogen-bond donors (Lipinski definition) is 0. The van der Waals surface area contributed by atoms with Crippen LogP contribution < -0.4 is 0 Å². The SMILES string of the molecule is CCOC=O.c1ccc(-c2ccccc2)cc1. The van der Waals surface area contributed by atoms with E-state index in [1.54, 1.807) is 6.92 Å². The molecule has 2 aromatic rings. The van der Waals surface area contributed by atoms with Crippen molar-refractivity contribution in [2.45, 2.75) is 6.92 Å². The van der Waals surface area contributed by atoms with Gasteiger partial charge in [-0.05, 0) is 18.1 Å². The largest absolute Gasteiger partial charge is 0.468 e. The Labute approximate surface area is 102 Å². The molecule has 0 spiro atoms. The van der Waals surface area contributed by atoms with Gasteiger partial charge >= 0.3 is 0 Å². The van der Waals surface area contributed by atoms with Gasteiger partial charge in [0.2, 0.25) is 0 Å². The molecule has 0 saturated carbocycles. The molecule has 0 aromatic heterocycles. The first-order valence-electron chi connectivity index (χ1n) is 5.54. The van der Waals surface area contributed by atoms with Crippen LogP contribution in [0.3, 0.4) is 0 Å². The second kappa shape index (κ2) is 8.11. The smallest absolute Gasteiger partial charge is 0.293 e. The molecule has 0 saturated heterocycles. The van der Waals surface area contributed by atoms with Crippen molar-refractivity contribution < 1.29 is 9.53 Å². The van der Waals surface area contributed by atoms with Gasteiger partial charge < -0.3 is 4.74 Å². The van der Waals surface area contributed by atoms with E-state index in [0.29, 0.717) is 13.1 Å². The van der Waals surface area contributed by atoms with Crippen molar-refractivity contribution in [3.8, 4) is 11.1 Å².